The number of ether oxygens (including phenoxy) is 2. The summed E-state index contributed by atoms with van der Waals surface area (Å²) >= 11 is 3.16. The molecule has 0 atom stereocenters. The van der Waals surface area contributed by atoms with Gasteiger partial charge in [0, 0.05) is 16.7 Å². The zero-order valence-electron chi connectivity index (χ0n) is 16.2. The molecule has 0 aliphatic carbocycles. The lowest BCUT2D eigenvalue weighted by atomic mass is 10.2. The van der Waals surface area contributed by atoms with E-state index in [-0.39, 0.29) is 0 Å². The zero-order valence-corrected chi connectivity index (χ0v) is 17.8. The fraction of sp³-hybridized carbons (Fsp3) is 0.200. The first-order valence-corrected chi connectivity index (χ1v) is 10.7. The van der Waals surface area contributed by atoms with Crippen LogP contribution in [0, 0.1) is 6.92 Å². The molecular weight excluding hydrogens is 406 g/mol. The lowest BCUT2D eigenvalue weighted by Crippen LogP contribution is -2.01. The Morgan fingerprint density at radius 2 is 1.90 bits per heavy atom. The molecule has 9 heteroatoms. The Hall–Kier alpha value is -2.91. The van der Waals surface area contributed by atoms with E-state index in [9.17, 15) is 0 Å². The predicted molar refractivity (Wildman–Crippen MR) is 114 cm³/mol. The minimum Gasteiger partial charge on any atom is -0.493 e. The van der Waals surface area contributed by atoms with Crippen molar-refractivity contribution in [2.24, 2.45) is 0 Å². The van der Waals surface area contributed by atoms with Gasteiger partial charge >= 0.3 is 0 Å². The summed E-state index contributed by atoms with van der Waals surface area (Å²) in [5.74, 6) is 2.07. The smallest absolute Gasteiger partial charge is 0.214 e. The first kappa shape index (κ1) is 19.4. The maximum atomic E-state index is 5.39. The van der Waals surface area contributed by atoms with Crippen molar-refractivity contribution in [1.29, 1.82) is 0 Å². The molecule has 2 aromatic heterocycles. The first-order valence-electron chi connectivity index (χ1n) is 8.83. The van der Waals surface area contributed by atoms with Gasteiger partial charge in [0.05, 0.1) is 25.6 Å². The van der Waals surface area contributed by atoms with E-state index in [1.54, 1.807) is 42.0 Å². The third kappa shape index (κ3) is 4.10. The van der Waals surface area contributed by atoms with Gasteiger partial charge in [-0.3, -0.25) is 0 Å². The van der Waals surface area contributed by atoms with E-state index in [2.05, 4.69) is 20.9 Å². The maximum absolute atomic E-state index is 5.39. The van der Waals surface area contributed by atoms with Gasteiger partial charge in [0.15, 0.2) is 11.5 Å². The van der Waals surface area contributed by atoms with Crippen LogP contribution < -0.4 is 9.47 Å². The number of para-hydroxylation sites is 1. The van der Waals surface area contributed by atoms with Crippen LogP contribution >= 0.6 is 23.1 Å². The van der Waals surface area contributed by atoms with Crippen LogP contribution in [0.1, 0.15) is 11.3 Å². The number of hydrogen-bond acceptors (Lipinski definition) is 8. The van der Waals surface area contributed by atoms with Crippen LogP contribution in [0.2, 0.25) is 0 Å². The normalized spacial score (nSPS) is 10.9. The Labute approximate surface area is 176 Å². The number of benzene rings is 2. The van der Waals surface area contributed by atoms with Crippen molar-refractivity contribution < 1.29 is 9.47 Å². The van der Waals surface area contributed by atoms with Crippen molar-refractivity contribution in [3.8, 4) is 27.8 Å². The van der Waals surface area contributed by atoms with E-state index in [1.807, 2.05) is 49.4 Å². The van der Waals surface area contributed by atoms with Gasteiger partial charge in [-0.25, -0.2) is 4.98 Å². The number of methoxy groups -OCH3 is 2. The molecule has 0 saturated carbocycles. The molecule has 0 aliphatic heterocycles. The quantitative estimate of drug-likeness (QED) is 0.406. The Morgan fingerprint density at radius 3 is 2.69 bits per heavy atom. The summed E-state index contributed by atoms with van der Waals surface area (Å²) < 4.78 is 12.5. The summed E-state index contributed by atoms with van der Waals surface area (Å²) in [6.45, 7) is 2.04. The van der Waals surface area contributed by atoms with E-state index >= 15 is 0 Å². The first-order chi connectivity index (χ1) is 14.2. The minimum atomic E-state index is 0.677. The molecule has 4 aromatic rings. The molecule has 7 nitrogen and oxygen atoms in total. The highest BCUT2D eigenvalue weighted by molar-refractivity contribution is 7.98. The average molecular weight is 426 g/mol. The molecule has 0 fully saturated rings. The van der Waals surface area contributed by atoms with Crippen molar-refractivity contribution in [1.82, 2.24) is 25.2 Å². The fourth-order valence-electron chi connectivity index (χ4n) is 2.83. The van der Waals surface area contributed by atoms with Crippen molar-refractivity contribution in [2.75, 3.05) is 14.2 Å². The lowest BCUT2D eigenvalue weighted by molar-refractivity contribution is 0.355. The van der Waals surface area contributed by atoms with Crippen molar-refractivity contribution in [3.63, 3.8) is 0 Å². The highest BCUT2D eigenvalue weighted by Gasteiger charge is 2.13. The van der Waals surface area contributed by atoms with Crippen molar-refractivity contribution in [3.05, 3.63) is 59.1 Å². The molecule has 0 bridgehead atoms. The van der Waals surface area contributed by atoms with E-state index in [4.69, 9.17) is 14.5 Å². The Bertz CT molecular complexity index is 1130. The summed E-state index contributed by atoms with van der Waals surface area (Å²) in [5, 5.41) is 15.9. The second-order valence-electron chi connectivity index (χ2n) is 6.16. The molecule has 0 spiro atoms. The molecule has 2 aromatic carbocycles. The summed E-state index contributed by atoms with van der Waals surface area (Å²) in [6, 6.07) is 13.8. The number of rotatable bonds is 7. The number of nitrogens with zero attached hydrogens (tertiary/aromatic N) is 5. The van der Waals surface area contributed by atoms with Gasteiger partial charge in [-0.2, -0.15) is 4.68 Å². The van der Waals surface area contributed by atoms with Crippen LogP contribution in [0.5, 0.6) is 11.5 Å². The summed E-state index contributed by atoms with van der Waals surface area (Å²) in [6.07, 6.45) is 0. The van der Waals surface area contributed by atoms with Gasteiger partial charge in [0.2, 0.25) is 5.16 Å². The van der Waals surface area contributed by atoms with E-state index < -0.39 is 0 Å². The Balaban J connectivity index is 1.50. The molecule has 0 amide bonds. The Morgan fingerprint density at radius 1 is 1.07 bits per heavy atom. The molecule has 0 N–H and O–H groups in total. The van der Waals surface area contributed by atoms with Gasteiger partial charge in [-0.05, 0) is 47.2 Å². The van der Waals surface area contributed by atoms with Gasteiger partial charge < -0.3 is 9.47 Å². The highest BCUT2D eigenvalue weighted by atomic mass is 32.2. The summed E-state index contributed by atoms with van der Waals surface area (Å²) in [5.41, 5.74) is 4.06. The van der Waals surface area contributed by atoms with Gasteiger partial charge in [-0.15, -0.1) is 16.4 Å². The third-order valence-corrected chi connectivity index (χ3v) is 6.21. The molecule has 29 heavy (non-hydrogen) atoms. The second-order valence-corrected chi connectivity index (χ2v) is 7.96. The van der Waals surface area contributed by atoms with E-state index in [0.717, 1.165) is 32.7 Å². The van der Waals surface area contributed by atoms with E-state index in [0.29, 0.717) is 17.3 Å². The number of thioether (sulfide) groups is 1. The van der Waals surface area contributed by atoms with Crippen LogP contribution in [0.4, 0.5) is 0 Å². The number of hydrogen-bond donors (Lipinski definition) is 0. The van der Waals surface area contributed by atoms with Crippen LogP contribution in [0.25, 0.3) is 16.3 Å². The highest BCUT2D eigenvalue weighted by Crippen LogP contribution is 2.34. The SMILES string of the molecule is COc1ccc(-c2nc(CSc3nnnn3-c3ccccc3C)cs2)cc1OC. The molecule has 2 heterocycles. The van der Waals surface area contributed by atoms with Crippen molar-refractivity contribution >= 4 is 23.1 Å². The molecule has 0 saturated heterocycles. The molecule has 0 aliphatic rings. The van der Waals surface area contributed by atoms with E-state index in [1.165, 1.54) is 0 Å². The maximum Gasteiger partial charge on any atom is 0.214 e. The van der Waals surface area contributed by atoms with Gasteiger partial charge in [-0.1, -0.05) is 30.0 Å². The van der Waals surface area contributed by atoms with Crippen molar-refractivity contribution in [2.45, 2.75) is 17.8 Å². The molecule has 0 radical (unpaired) electrons. The third-order valence-electron chi connectivity index (χ3n) is 4.32. The lowest BCUT2D eigenvalue weighted by Gasteiger charge is -2.08. The average Bonchev–Trinajstić information content (AvgIpc) is 3.41. The molecule has 148 valence electrons. The topological polar surface area (TPSA) is 75.0 Å². The van der Waals surface area contributed by atoms with Gasteiger partial charge in [0.1, 0.15) is 5.01 Å². The van der Waals surface area contributed by atoms with Gasteiger partial charge in [0.25, 0.3) is 0 Å². The number of thiazole rings is 1. The summed E-state index contributed by atoms with van der Waals surface area (Å²) in [7, 11) is 3.25. The molecular formula is C20H19N5O2S2. The number of tetrazole rings is 1. The van der Waals surface area contributed by atoms with Crippen LogP contribution in [-0.4, -0.2) is 39.4 Å². The fourth-order valence-corrected chi connectivity index (χ4v) is 4.53. The molecule has 4 rings (SSSR count). The number of aromatic nitrogens is 5. The second kappa shape index (κ2) is 8.62. The molecule has 0 unspecified atom stereocenters. The largest absolute Gasteiger partial charge is 0.493 e. The predicted octanol–water partition coefficient (Wildman–Crippen LogP) is 4.40. The minimum absolute atomic E-state index is 0.677. The Kier molecular flexibility index (Phi) is 5.77. The zero-order chi connectivity index (χ0) is 20.2. The van der Waals surface area contributed by atoms with Crippen LogP contribution in [0.3, 0.4) is 0 Å². The number of aryl methyl sites for hydroxylation is 1. The standard InChI is InChI=1S/C20H19N5O2S2/c1-13-6-4-5-7-16(13)25-20(22-23-24-25)29-12-15-11-28-19(21-15)14-8-9-17(26-2)18(10-14)27-3/h4-11H,12H2,1-3H3. The summed E-state index contributed by atoms with van der Waals surface area (Å²) in [4.78, 5) is 4.75. The van der Waals surface area contributed by atoms with Crippen LogP contribution in [-0.2, 0) is 5.75 Å². The monoisotopic (exact) mass is 425 g/mol. The van der Waals surface area contributed by atoms with Crippen LogP contribution in [0.15, 0.2) is 53.0 Å².